The summed E-state index contributed by atoms with van der Waals surface area (Å²) in [4.78, 5) is 49.7. The predicted octanol–water partition coefficient (Wildman–Crippen LogP) is 2.53. The van der Waals surface area contributed by atoms with Gasteiger partial charge in [0.1, 0.15) is 12.1 Å². The summed E-state index contributed by atoms with van der Waals surface area (Å²) in [5.74, 6) is -1.57. The number of carbonyl (C=O) groups excluding carboxylic acids is 4. The average molecular weight is 374 g/mol. The van der Waals surface area contributed by atoms with Gasteiger partial charge in [-0.1, -0.05) is 43.5 Å². The van der Waals surface area contributed by atoms with E-state index in [-0.39, 0.29) is 5.78 Å². The second-order valence-corrected chi connectivity index (χ2v) is 7.16. The second-order valence-electron chi connectivity index (χ2n) is 7.16. The van der Waals surface area contributed by atoms with Crippen molar-refractivity contribution in [1.29, 1.82) is 0 Å². The van der Waals surface area contributed by atoms with Gasteiger partial charge in [0.25, 0.3) is 5.91 Å². The molecule has 0 aromatic heterocycles. The van der Waals surface area contributed by atoms with Crippen LogP contribution >= 0.6 is 0 Å². The number of amides is 3. The van der Waals surface area contributed by atoms with Crippen LogP contribution in [0.15, 0.2) is 18.2 Å². The van der Waals surface area contributed by atoms with E-state index in [1.165, 1.54) is 0 Å². The van der Waals surface area contributed by atoms with Crippen LogP contribution in [0.4, 0.5) is 4.79 Å². The monoisotopic (exact) mass is 374 g/mol. The second kappa shape index (κ2) is 8.33. The van der Waals surface area contributed by atoms with E-state index < -0.39 is 36.6 Å². The molecule has 0 unspecified atom stereocenters. The summed E-state index contributed by atoms with van der Waals surface area (Å²) in [5, 5.41) is 2.64. The highest BCUT2D eigenvalue weighted by Crippen LogP contribution is 2.23. The summed E-state index contributed by atoms with van der Waals surface area (Å²) in [6, 6.07) is 4.76. The van der Waals surface area contributed by atoms with Gasteiger partial charge < -0.3 is 10.1 Å². The lowest BCUT2D eigenvalue weighted by molar-refractivity contribution is -0.146. The lowest BCUT2D eigenvalue weighted by Gasteiger charge is -2.21. The Kier molecular flexibility index (Phi) is 6.36. The standard InChI is InChI=1S/C20H26N2O5/c1-5-6-9-20(4)18(25)22(19(26)21-20)11-17(24)27-12-16(23)15-8-7-13(2)10-14(15)3/h7-8,10H,5-6,9,11-12H2,1-4H3,(H,21,26)/t20-/m1/s1. The summed E-state index contributed by atoms with van der Waals surface area (Å²) in [6.45, 7) is 6.44. The highest BCUT2D eigenvalue weighted by Gasteiger charge is 2.47. The molecule has 2 rings (SSSR count). The maximum atomic E-state index is 12.5. The van der Waals surface area contributed by atoms with Crippen LogP contribution in [0.3, 0.4) is 0 Å². The molecule has 7 heteroatoms. The number of hydrogen-bond acceptors (Lipinski definition) is 5. The SMILES string of the molecule is CCCC[C@@]1(C)NC(=O)N(CC(=O)OCC(=O)c2ccc(C)cc2C)C1=O. The first-order valence-electron chi connectivity index (χ1n) is 9.08. The number of carbonyl (C=O) groups is 4. The Hall–Kier alpha value is -2.70. The third-order valence-corrected chi connectivity index (χ3v) is 4.71. The number of benzene rings is 1. The van der Waals surface area contributed by atoms with Crippen LogP contribution in [-0.4, -0.2) is 47.3 Å². The molecule has 7 nitrogen and oxygen atoms in total. The number of nitrogens with zero attached hydrogens (tertiary/aromatic N) is 1. The molecule has 1 aromatic rings. The number of imide groups is 1. The molecule has 1 atom stereocenters. The maximum absolute atomic E-state index is 12.5. The Morgan fingerprint density at radius 2 is 1.93 bits per heavy atom. The summed E-state index contributed by atoms with van der Waals surface area (Å²) >= 11 is 0. The van der Waals surface area contributed by atoms with Crippen molar-refractivity contribution in [1.82, 2.24) is 10.2 Å². The van der Waals surface area contributed by atoms with Gasteiger partial charge in [0, 0.05) is 5.56 Å². The normalized spacial score (nSPS) is 19.2. The number of ether oxygens (including phenoxy) is 1. The van der Waals surface area contributed by atoms with Gasteiger partial charge >= 0.3 is 12.0 Å². The minimum absolute atomic E-state index is 0.328. The van der Waals surface area contributed by atoms with Crippen LogP contribution in [0.2, 0.25) is 0 Å². The topological polar surface area (TPSA) is 92.8 Å². The van der Waals surface area contributed by atoms with Gasteiger partial charge in [-0.15, -0.1) is 0 Å². The molecule has 0 bridgehead atoms. The molecule has 0 radical (unpaired) electrons. The van der Waals surface area contributed by atoms with Gasteiger partial charge in [-0.3, -0.25) is 19.3 Å². The third-order valence-electron chi connectivity index (χ3n) is 4.71. The number of hydrogen-bond donors (Lipinski definition) is 1. The quantitative estimate of drug-likeness (QED) is 0.429. The zero-order valence-corrected chi connectivity index (χ0v) is 16.3. The highest BCUT2D eigenvalue weighted by molar-refractivity contribution is 6.08. The Labute approximate surface area is 159 Å². The Morgan fingerprint density at radius 3 is 2.56 bits per heavy atom. The van der Waals surface area contributed by atoms with Crippen molar-refractivity contribution >= 4 is 23.7 Å². The van der Waals surface area contributed by atoms with Crippen LogP contribution in [0.5, 0.6) is 0 Å². The van der Waals surface area contributed by atoms with E-state index in [4.69, 9.17) is 4.74 Å². The van der Waals surface area contributed by atoms with Gasteiger partial charge in [-0.2, -0.15) is 0 Å². The van der Waals surface area contributed by atoms with Crippen molar-refractivity contribution in [2.45, 2.75) is 52.5 Å². The molecular formula is C20H26N2O5. The lowest BCUT2D eigenvalue weighted by atomic mass is 9.95. The van der Waals surface area contributed by atoms with E-state index in [2.05, 4.69) is 5.32 Å². The molecule has 1 heterocycles. The highest BCUT2D eigenvalue weighted by atomic mass is 16.5. The van der Waals surface area contributed by atoms with E-state index in [0.717, 1.165) is 28.9 Å². The van der Waals surface area contributed by atoms with E-state index in [1.54, 1.807) is 13.0 Å². The first-order chi connectivity index (χ1) is 12.7. The molecule has 146 valence electrons. The number of aryl methyl sites for hydroxylation is 2. The zero-order chi connectivity index (χ0) is 20.2. The molecule has 1 saturated heterocycles. The molecular weight excluding hydrogens is 348 g/mol. The lowest BCUT2D eigenvalue weighted by Crippen LogP contribution is -2.44. The molecule has 1 aromatic carbocycles. The molecule has 0 saturated carbocycles. The molecule has 1 N–H and O–H groups in total. The number of unbranched alkanes of at least 4 members (excludes halogenated alkanes) is 1. The average Bonchev–Trinajstić information content (AvgIpc) is 2.81. The Bertz CT molecular complexity index is 774. The van der Waals surface area contributed by atoms with Crippen molar-refractivity contribution in [3.63, 3.8) is 0 Å². The van der Waals surface area contributed by atoms with Crippen LogP contribution in [0, 0.1) is 13.8 Å². The van der Waals surface area contributed by atoms with Crippen LogP contribution in [0.25, 0.3) is 0 Å². The van der Waals surface area contributed by atoms with Crippen LogP contribution < -0.4 is 5.32 Å². The Morgan fingerprint density at radius 1 is 1.22 bits per heavy atom. The molecule has 0 aliphatic carbocycles. The van der Waals surface area contributed by atoms with Crippen molar-refractivity contribution in [3.05, 3.63) is 34.9 Å². The molecule has 1 fully saturated rings. The minimum Gasteiger partial charge on any atom is -0.456 e. The van der Waals surface area contributed by atoms with Crippen LogP contribution in [-0.2, 0) is 14.3 Å². The minimum atomic E-state index is -0.998. The molecule has 1 aliphatic heterocycles. The predicted molar refractivity (Wildman–Crippen MR) is 99.4 cm³/mol. The fourth-order valence-corrected chi connectivity index (χ4v) is 3.12. The number of nitrogens with one attached hydrogen (secondary N) is 1. The summed E-state index contributed by atoms with van der Waals surface area (Å²) in [6.07, 6.45) is 2.18. The first kappa shape index (κ1) is 20.6. The summed E-state index contributed by atoms with van der Waals surface area (Å²) in [5.41, 5.74) is 1.32. The van der Waals surface area contributed by atoms with Gasteiger partial charge in [0.2, 0.25) is 5.78 Å². The zero-order valence-electron chi connectivity index (χ0n) is 16.3. The van der Waals surface area contributed by atoms with Crippen molar-refractivity contribution in [2.24, 2.45) is 0 Å². The van der Waals surface area contributed by atoms with Gasteiger partial charge in [0.05, 0.1) is 0 Å². The fraction of sp³-hybridized carbons (Fsp3) is 0.500. The van der Waals surface area contributed by atoms with E-state index in [1.807, 2.05) is 32.9 Å². The fourth-order valence-electron chi connectivity index (χ4n) is 3.12. The molecule has 1 aliphatic rings. The maximum Gasteiger partial charge on any atom is 0.326 e. The van der Waals surface area contributed by atoms with E-state index in [0.29, 0.717) is 12.0 Å². The molecule has 3 amide bonds. The van der Waals surface area contributed by atoms with Gasteiger partial charge in [0.15, 0.2) is 6.61 Å². The number of rotatable bonds is 8. The first-order valence-corrected chi connectivity index (χ1v) is 9.08. The molecule has 27 heavy (non-hydrogen) atoms. The number of urea groups is 1. The summed E-state index contributed by atoms with van der Waals surface area (Å²) in [7, 11) is 0. The van der Waals surface area contributed by atoms with E-state index >= 15 is 0 Å². The van der Waals surface area contributed by atoms with Crippen molar-refractivity contribution in [2.75, 3.05) is 13.2 Å². The third kappa shape index (κ3) is 4.72. The summed E-state index contributed by atoms with van der Waals surface area (Å²) < 4.78 is 4.99. The largest absolute Gasteiger partial charge is 0.456 e. The van der Waals surface area contributed by atoms with Crippen molar-refractivity contribution in [3.8, 4) is 0 Å². The number of ketones is 1. The smallest absolute Gasteiger partial charge is 0.326 e. The van der Waals surface area contributed by atoms with Crippen LogP contribution in [0.1, 0.15) is 54.6 Å². The van der Waals surface area contributed by atoms with Gasteiger partial charge in [-0.25, -0.2) is 4.79 Å². The Balaban J connectivity index is 1.92. The van der Waals surface area contributed by atoms with E-state index in [9.17, 15) is 19.2 Å². The number of esters is 1. The van der Waals surface area contributed by atoms with Gasteiger partial charge in [-0.05, 0) is 32.8 Å². The number of Topliss-reactive ketones (excluding diaryl/α,β-unsaturated/α-hetero) is 1. The van der Waals surface area contributed by atoms with Crippen molar-refractivity contribution < 1.29 is 23.9 Å². The molecule has 0 spiro atoms.